The number of halogens is 3. The van der Waals surface area contributed by atoms with E-state index in [1.54, 1.807) is 18.2 Å². The lowest BCUT2D eigenvalue weighted by Crippen LogP contribution is -2.07. The topological polar surface area (TPSA) is 63.1 Å². The molecule has 0 saturated heterocycles. The van der Waals surface area contributed by atoms with Gasteiger partial charge in [0, 0.05) is 22.7 Å². The second-order valence-corrected chi connectivity index (χ2v) is 5.33. The van der Waals surface area contributed by atoms with Crippen LogP contribution in [0.5, 0.6) is 0 Å². The zero-order valence-electron chi connectivity index (χ0n) is 9.40. The molecule has 0 aliphatic rings. The van der Waals surface area contributed by atoms with Crippen LogP contribution in [0.3, 0.4) is 0 Å². The number of carboxylic acids is 1. The van der Waals surface area contributed by atoms with Crippen LogP contribution < -0.4 is 0 Å². The lowest BCUT2D eigenvalue weighted by molar-refractivity contribution is 0.0688. The summed E-state index contributed by atoms with van der Waals surface area (Å²) in [6.07, 6.45) is 1.67. The van der Waals surface area contributed by atoms with Gasteiger partial charge in [-0.3, -0.25) is 0 Å². The summed E-state index contributed by atoms with van der Waals surface area (Å²) in [4.78, 5) is 19.0. The first-order valence-corrected chi connectivity index (χ1v) is 6.71. The van der Waals surface area contributed by atoms with Crippen LogP contribution in [0, 0.1) is 0 Å². The van der Waals surface area contributed by atoms with Gasteiger partial charge in [-0.2, -0.15) is 0 Å². The Morgan fingerprint density at radius 3 is 2.53 bits per heavy atom. The normalized spacial score (nSPS) is 10.5. The number of nitrogens with zero attached hydrogens (tertiary/aromatic N) is 2. The molecule has 98 valence electrons. The predicted molar refractivity (Wildman–Crippen MR) is 76.0 cm³/mol. The minimum atomic E-state index is -1.12. The Balaban J connectivity index is 2.39. The highest BCUT2D eigenvalue weighted by Gasteiger charge is 2.14. The summed E-state index contributed by atoms with van der Waals surface area (Å²) in [6, 6.07) is 5.15. The predicted octanol–water partition coefficient (Wildman–Crippen LogP) is 3.83. The lowest BCUT2D eigenvalue weighted by atomic mass is 10.1. The maximum atomic E-state index is 11.0. The molecule has 1 heterocycles. The van der Waals surface area contributed by atoms with Crippen LogP contribution in [0.2, 0.25) is 10.0 Å². The van der Waals surface area contributed by atoms with E-state index in [4.69, 9.17) is 28.3 Å². The Morgan fingerprint density at radius 1 is 1.32 bits per heavy atom. The Kier molecular flexibility index (Phi) is 4.39. The molecule has 0 fully saturated rings. The van der Waals surface area contributed by atoms with Crippen molar-refractivity contribution in [2.45, 2.75) is 6.42 Å². The average Bonchev–Trinajstić information content (AvgIpc) is 2.35. The fraction of sp³-hybridized carbons (Fsp3) is 0.0833. The molecule has 0 atom stereocenters. The van der Waals surface area contributed by atoms with Crippen molar-refractivity contribution in [3.8, 4) is 0 Å². The molecule has 7 heteroatoms. The molecule has 0 bridgehead atoms. The van der Waals surface area contributed by atoms with Crippen molar-refractivity contribution < 1.29 is 9.90 Å². The Labute approximate surface area is 127 Å². The first-order chi connectivity index (χ1) is 8.99. The standard InChI is InChI=1S/C12H7BrCl2N2O2/c13-7-5-16-10(17-11(7)12(18)19)4-6-8(14)2-1-3-9(6)15/h1-3,5H,4H2,(H,18,19). The molecule has 0 aliphatic carbocycles. The second-order valence-electron chi connectivity index (χ2n) is 3.66. The Hall–Kier alpha value is -1.17. The van der Waals surface area contributed by atoms with Crippen LogP contribution in [-0.4, -0.2) is 21.0 Å². The van der Waals surface area contributed by atoms with Crippen molar-refractivity contribution in [3.63, 3.8) is 0 Å². The summed E-state index contributed by atoms with van der Waals surface area (Å²) in [5, 5.41) is 9.99. The quantitative estimate of drug-likeness (QED) is 0.902. The highest BCUT2D eigenvalue weighted by molar-refractivity contribution is 9.10. The van der Waals surface area contributed by atoms with Crippen molar-refractivity contribution in [1.82, 2.24) is 9.97 Å². The van der Waals surface area contributed by atoms with Gasteiger partial charge < -0.3 is 5.11 Å². The van der Waals surface area contributed by atoms with E-state index >= 15 is 0 Å². The van der Waals surface area contributed by atoms with Crippen molar-refractivity contribution in [1.29, 1.82) is 0 Å². The maximum Gasteiger partial charge on any atom is 0.355 e. The zero-order chi connectivity index (χ0) is 14.0. The van der Waals surface area contributed by atoms with Gasteiger partial charge in [0.15, 0.2) is 5.69 Å². The maximum absolute atomic E-state index is 11.0. The van der Waals surface area contributed by atoms with E-state index in [-0.39, 0.29) is 12.1 Å². The number of hydrogen-bond donors (Lipinski definition) is 1. The molecule has 0 unspecified atom stereocenters. The molecule has 1 aromatic heterocycles. The SMILES string of the molecule is O=C(O)c1nc(Cc2c(Cl)cccc2Cl)ncc1Br. The van der Waals surface area contributed by atoms with Gasteiger partial charge in [-0.1, -0.05) is 29.3 Å². The summed E-state index contributed by atoms with van der Waals surface area (Å²) >= 11 is 15.2. The molecule has 19 heavy (non-hydrogen) atoms. The third kappa shape index (κ3) is 3.23. The van der Waals surface area contributed by atoms with Crippen molar-refractivity contribution in [2.75, 3.05) is 0 Å². The number of hydrogen-bond acceptors (Lipinski definition) is 3. The van der Waals surface area contributed by atoms with E-state index < -0.39 is 5.97 Å². The Bertz CT molecular complexity index is 629. The molecular weight excluding hydrogens is 355 g/mol. The third-order valence-electron chi connectivity index (χ3n) is 2.39. The largest absolute Gasteiger partial charge is 0.476 e. The monoisotopic (exact) mass is 360 g/mol. The molecule has 0 saturated carbocycles. The van der Waals surface area contributed by atoms with E-state index in [1.807, 2.05) is 0 Å². The fourth-order valence-corrected chi connectivity index (χ4v) is 2.39. The lowest BCUT2D eigenvalue weighted by Gasteiger charge is -2.07. The van der Waals surface area contributed by atoms with Crippen LogP contribution in [-0.2, 0) is 6.42 Å². The second kappa shape index (κ2) is 5.86. The van der Waals surface area contributed by atoms with E-state index in [1.165, 1.54) is 6.20 Å². The number of carboxylic acid groups (broad SMARTS) is 1. The van der Waals surface area contributed by atoms with E-state index in [2.05, 4.69) is 25.9 Å². The van der Waals surface area contributed by atoms with Gasteiger partial charge in [-0.05, 0) is 33.6 Å². The molecule has 0 spiro atoms. The molecule has 0 radical (unpaired) electrons. The average molecular weight is 362 g/mol. The minimum absolute atomic E-state index is 0.0897. The van der Waals surface area contributed by atoms with Gasteiger partial charge in [0.25, 0.3) is 0 Å². The first-order valence-electron chi connectivity index (χ1n) is 5.16. The molecule has 2 aromatic rings. The molecule has 0 aliphatic heterocycles. The number of aromatic nitrogens is 2. The zero-order valence-corrected chi connectivity index (χ0v) is 12.5. The van der Waals surface area contributed by atoms with Gasteiger partial charge in [0.05, 0.1) is 4.47 Å². The van der Waals surface area contributed by atoms with Gasteiger partial charge in [-0.25, -0.2) is 14.8 Å². The van der Waals surface area contributed by atoms with Gasteiger partial charge >= 0.3 is 5.97 Å². The summed E-state index contributed by atoms with van der Waals surface area (Å²) < 4.78 is 0.328. The summed E-state index contributed by atoms with van der Waals surface area (Å²) in [5.74, 6) is -0.781. The highest BCUT2D eigenvalue weighted by Crippen LogP contribution is 2.26. The molecule has 0 amide bonds. The number of aromatic carboxylic acids is 1. The molecule has 1 N–H and O–H groups in total. The third-order valence-corrected chi connectivity index (χ3v) is 3.68. The highest BCUT2D eigenvalue weighted by atomic mass is 79.9. The van der Waals surface area contributed by atoms with Crippen molar-refractivity contribution in [3.05, 3.63) is 56.0 Å². The number of benzene rings is 1. The first kappa shape index (κ1) is 14.2. The molecule has 1 aromatic carbocycles. The van der Waals surface area contributed by atoms with Gasteiger partial charge in [0.1, 0.15) is 5.82 Å². The molecule has 4 nitrogen and oxygen atoms in total. The van der Waals surface area contributed by atoms with Crippen molar-refractivity contribution in [2.24, 2.45) is 0 Å². The summed E-state index contributed by atoms with van der Waals surface area (Å²) in [6.45, 7) is 0. The van der Waals surface area contributed by atoms with Crippen molar-refractivity contribution >= 4 is 45.1 Å². The smallest absolute Gasteiger partial charge is 0.355 e. The van der Waals surface area contributed by atoms with Crippen LogP contribution in [0.25, 0.3) is 0 Å². The number of carbonyl (C=O) groups is 1. The summed E-state index contributed by atoms with van der Waals surface area (Å²) in [5.41, 5.74) is 0.581. The van der Waals surface area contributed by atoms with Crippen LogP contribution >= 0.6 is 39.1 Å². The summed E-state index contributed by atoms with van der Waals surface area (Å²) in [7, 11) is 0. The molecule has 2 rings (SSSR count). The fourth-order valence-electron chi connectivity index (χ4n) is 1.50. The van der Waals surface area contributed by atoms with Crippen LogP contribution in [0.15, 0.2) is 28.9 Å². The van der Waals surface area contributed by atoms with E-state index in [0.29, 0.717) is 25.9 Å². The van der Waals surface area contributed by atoms with Gasteiger partial charge in [-0.15, -0.1) is 0 Å². The van der Waals surface area contributed by atoms with E-state index in [9.17, 15) is 4.79 Å². The van der Waals surface area contributed by atoms with E-state index in [0.717, 1.165) is 0 Å². The van der Waals surface area contributed by atoms with Crippen LogP contribution in [0.4, 0.5) is 0 Å². The van der Waals surface area contributed by atoms with Gasteiger partial charge in [0.2, 0.25) is 0 Å². The molecular formula is C12H7BrCl2N2O2. The van der Waals surface area contributed by atoms with Crippen LogP contribution in [0.1, 0.15) is 21.9 Å². The number of rotatable bonds is 3. The minimum Gasteiger partial charge on any atom is -0.476 e. The Morgan fingerprint density at radius 2 is 1.95 bits per heavy atom.